The van der Waals surface area contributed by atoms with Crippen LogP contribution in [0.2, 0.25) is 0 Å². The van der Waals surface area contributed by atoms with E-state index in [4.69, 9.17) is 0 Å². The van der Waals surface area contributed by atoms with Crippen LogP contribution < -0.4 is 5.32 Å². The third-order valence-electron chi connectivity index (χ3n) is 4.51. The number of nitrogens with one attached hydrogen (secondary N) is 1. The number of piperidine rings is 1. The molecule has 2 heterocycles. The summed E-state index contributed by atoms with van der Waals surface area (Å²) in [6.45, 7) is 4.03. The van der Waals surface area contributed by atoms with Crippen molar-refractivity contribution in [2.75, 3.05) is 13.1 Å². The Morgan fingerprint density at radius 1 is 1.04 bits per heavy atom. The van der Waals surface area contributed by atoms with Crippen LogP contribution in [0, 0.1) is 0 Å². The number of benzene rings is 1. The summed E-state index contributed by atoms with van der Waals surface area (Å²) >= 11 is 0. The van der Waals surface area contributed by atoms with Crippen molar-refractivity contribution in [1.29, 1.82) is 0 Å². The van der Waals surface area contributed by atoms with Crippen molar-refractivity contribution in [3.63, 3.8) is 0 Å². The largest absolute Gasteiger partial charge is 0.347 e. The molecule has 2 aromatic rings. The molecule has 0 saturated carbocycles. The van der Waals surface area contributed by atoms with E-state index < -0.39 is 0 Å². The maximum atomic E-state index is 12.1. The zero-order chi connectivity index (χ0) is 16.1. The summed E-state index contributed by atoms with van der Waals surface area (Å²) in [7, 11) is 1.88. The Labute approximate surface area is 138 Å². The third-order valence-corrected chi connectivity index (χ3v) is 4.51. The quantitative estimate of drug-likeness (QED) is 0.922. The minimum atomic E-state index is -0.0325. The van der Waals surface area contributed by atoms with Gasteiger partial charge in [-0.2, -0.15) is 0 Å². The lowest BCUT2D eigenvalue weighted by atomic mass is 10.1. The lowest BCUT2D eigenvalue weighted by Crippen LogP contribution is -2.29. The summed E-state index contributed by atoms with van der Waals surface area (Å²) in [6.07, 6.45) is 5.90. The molecule has 122 valence electrons. The number of nitrogens with zero attached hydrogens (tertiary/aromatic N) is 2. The third kappa shape index (κ3) is 4.23. The van der Waals surface area contributed by atoms with E-state index in [2.05, 4.69) is 34.5 Å². The molecule has 1 aliphatic rings. The second-order valence-corrected chi connectivity index (χ2v) is 6.34. The van der Waals surface area contributed by atoms with Gasteiger partial charge in [0.1, 0.15) is 5.69 Å². The minimum Gasteiger partial charge on any atom is -0.347 e. The maximum Gasteiger partial charge on any atom is 0.268 e. The van der Waals surface area contributed by atoms with E-state index >= 15 is 0 Å². The van der Waals surface area contributed by atoms with Gasteiger partial charge < -0.3 is 9.88 Å². The normalized spacial score (nSPS) is 15.5. The summed E-state index contributed by atoms with van der Waals surface area (Å²) in [5.74, 6) is -0.0325. The van der Waals surface area contributed by atoms with Gasteiger partial charge in [-0.3, -0.25) is 9.69 Å². The average Bonchev–Trinajstić information content (AvgIpc) is 3.01. The lowest BCUT2D eigenvalue weighted by Gasteiger charge is -2.26. The number of likely N-dealkylation sites (tertiary alicyclic amines) is 1. The Morgan fingerprint density at radius 2 is 1.74 bits per heavy atom. The van der Waals surface area contributed by atoms with Gasteiger partial charge in [0.25, 0.3) is 5.91 Å². The fraction of sp³-hybridized carbons (Fsp3) is 0.421. The van der Waals surface area contributed by atoms with Gasteiger partial charge in [0.15, 0.2) is 0 Å². The fourth-order valence-corrected chi connectivity index (χ4v) is 3.11. The van der Waals surface area contributed by atoms with Crippen molar-refractivity contribution in [3.8, 4) is 0 Å². The molecule has 0 radical (unpaired) electrons. The number of carbonyl (C=O) groups excluding carboxylic acids is 1. The molecule has 1 aromatic carbocycles. The van der Waals surface area contributed by atoms with Crippen molar-refractivity contribution in [2.45, 2.75) is 32.4 Å². The first-order valence-electron chi connectivity index (χ1n) is 8.42. The molecule has 0 aliphatic carbocycles. The van der Waals surface area contributed by atoms with E-state index in [1.807, 2.05) is 29.9 Å². The molecular formula is C19H25N3O. The van der Waals surface area contributed by atoms with E-state index in [1.54, 1.807) is 0 Å². The van der Waals surface area contributed by atoms with Crippen LogP contribution in [0.3, 0.4) is 0 Å². The Hall–Kier alpha value is -2.07. The smallest absolute Gasteiger partial charge is 0.268 e. The van der Waals surface area contributed by atoms with Gasteiger partial charge in [0, 0.05) is 26.3 Å². The standard InChI is InChI=1S/C19H25N3O/c1-21-11-5-6-18(21)19(23)20-14-16-7-9-17(10-8-16)15-22-12-3-2-4-13-22/h5-11H,2-4,12-15H2,1H3,(H,20,23). The van der Waals surface area contributed by atoms with E-state index in [0.29, 0.717) is 12.2 Å². The fourth-order valence-electron chi connectivity index (χ4n) is 3.11. The predicted octanol–water partition coefficient (Wildman–Crippen LogP) is 2.94. The SMILES string of the molecule is Cn1cccc1C(=O)NCc1ccc(CN2CCCCC2)cc1. The molecule has 1 fully saturated rings. The average molecular weight is 311 g/mol. The monoisotopic (exact) mass is 311 g/mol. The number of rotatable bonds is 5. The van der Waals surface area contributed by atoms with Crippen LogP contribution in [0.25, 0.3) is 0 Å². The Kier molecular flexibility index (Phi) is 5.13. The first-order chi connectivity index (χ1) is 11.2. The second-order valence-electron chi connectivity index (χ2n) is 6.34. The maximum absolute atomic E-state index is 12.1. The van der Waals surface area contributed by atoms with Gasteiger partial charge in [0.2, 0.25) is 0 Å². The van der Waals surface area contributed by atoms with Gasteiger partial charge in [-0.15, -0.1) is 0 Å². The van der Waals surface area contributed by atoms with E-state index in [9.17, 15) is 4.79 Å². The molecule has 0 atom stereocenters. The zero-order valence-corrected chi connectivity index (χ0v) is 13.8. The highest BCUT2D eigenvalue weighted by Crippen LogP contribution is 2.13. The summed E-state index contributed by atoms with van der Waals surface area (Å²) < 4.78 is 1.83. The molecule has 1 saturated heterocycles. The number of carbonyl (C=O) groups is 1. The molecule has 0 bridgehead atoms. The molecule has 0 spiro atoms. The van der Waals surface area contributed by atoms with E-state index in [1.165, 1.54) is 37.9 Å². The molecule has 23 heavy (non-hydrogen) atoms. The van der Waals surface area contributed by atoms with Crippen LogP contribution in [0.5, 0.6) is 0 Å². The van der Waals surface area contributed by atoms with Gasteiger partial charge in [-0.1, -0.05) is 30.7 Å². The zero-order valence-electron chi connectivity index (χ0n) is 13.8. The number of amides is 1. The highest BCUT2D eigenvalue weighted by atomic mass is 16.1. The van der Waals surface area contributed by atoms with Crippen molar-refractivity contribution < 1.29 is 4.79 Å². The van der Waals surface area contributed by atoms with Crippen LogP contribution in [0.15, 0.2) is 42.6 Å². The van der Waals surface area contributed by atoms with Gasteiger partial charge >= 0.3 is 0 Å². The van der Waals surface area contributed by atoms with Crippen molar-refractivity contribution >= 4 is 5.91 Å². The molecule has 1 amide bonds. The number of aryl methyl sites for hydroxylation is 1. The molecule has 4 nitrogen and oxygen atoms in total. The second kappa shape index (κ2) is 7.47. The number of hydrogen-bond donors (Lipinski definition) is 1. The molecule has 0 unspecified atom stereocenters. The first kappa shape index (κ1) is 15.8. The summed E-state index contributed by atoms with van der Waals surface area (Å²) in [5, 5.41) is 2.97. The minimum absolute atomic E-state index is 0.0325. The van der Waals surface area contributed by atoms with Gasteiger partial charge in [-0.05, 0) is 49.2 Å². The number of aromatic nitrogens is 1. The van der Waals surface area contributed by atoms with Crippen LogP contribution in [-0.4, -0.2) is 28.5 Å². The summed E-state index contributed by atoms with van der Waals surface area (Å²) in [6, 6.07) is 12.3. The Bertz CT molecular complexity index is 639. The first-order valence-corrected chi connectivity index (χ1v) is 8.42. The highest BCUT2D eigenvalue weighted by Gasteiger charge is 2.11. The topological polar surface area (TPSA) is 37.3 Å². The van der Waals surface area contributed by atoms with Crippen molar-refractivity contribution in [2.24, 2.45) is 7.05 Å². The Balaban J connectivity index is 1.51. The van der Waals surface area contributed by atoms with Gasteiger partial charge in [-0.25, -0.2) is 0 Å². The highest BCUT2D eigenvalue weighted by molar-refractivity contribution is 5.92. The lowest BCUT2D eigenvalue weighted by molar-refractivity contribution is 0.0943. The molecular weight excluding hydrogens is 286 g/mol. The molecule has 3 rings (SSSR count). The molecule has 1 aromatic heterocycles. The molecule has 1 N–H and O–H groups in total. The van der Waals surface area contributed by atoms with E-state index in [0.717, 1.165) is 12.1 Å². The Morgan fingerprint density at radius 3 is 2.39 bits per heavy atom. The van der Waals surface area contributed by atoms with Crippen LogP contribution in [-0.2, 0) is 20.1 Å². The van der Waals surface area contributed by atoms with E-state index in [-0.39, 0.29) is 5.91 Å². The van der Waals surface area contributed by atoms with Crippen LogP contribution in [0.1, 0.15) is 40.9 Å². The van der Waals surface area contributed by atoms with Crippen LogP contribution in [0.4, 0.5) is 0 Å². The summed E-state index contributed by atoms with van der Waals surface area (Å²) in [4.78, 5) is 14.6. The van der Waals surface area contributed by atoms with Gasteiger partial charge in [0.05, 0.1) is 0 Å². The molecule has 1 aliphatic heterocycles. The molecule has 4 heteroatoms. The van der Waals surface area contributed by atoms with Crippen LogP contribution >= 0.6 is 0 Å². The van der Waals surface area contributed by atoms with Crippen molar-refractivity contribution in [3.05, 3.63) is 59.4 Å². The van der Waals surface area contributed by atoms with Crippen molar-refractivity contribution in [1.82, 2.24) is 14.8 Å². The number of hydrogen-bond acceptors (Lipinski definition) is 2. The summed E-state index contributed by atoms with van der Waals surface area (Å²) in [5.41, 5.74) is 3.17. The predicted molar refractivity (Wildman–Crippen MR) is 92.2 cm³/mol.